The number of halogens is 2. The summed E-state index contributed by atoms with van der Waals surface area (Å²) in [5.74, 6) is -3.34. The number of ether oxygens (including phenoxy) is 3. The second-order valence-electron chi connectivity index (χ2n) is 19.6. The number of alkyl halides is 2. The molecule has 10 nitrogen and oxygen atoms in total. The molecule has 0 spiro atoms. The van der Waals surface area contributed by atoms with E-state index in [1.54, 1.807) is 41.3 Å². The summed E-state index contributed by atoms with van der Waals surface area (Å²) < 4.78 is 60.9. The van der Waals surface area contributed by atoms with Gasteiger partial charge in [0.1, 0.15) is 28.4 Å². The molecule has 0 radical (unpaired) electrons. The fraction of sp³-hybridized carbons (Fsp3) is 0.479. The second kappa shape index (κ2) is 17.2. The number of fused-ring (bicyclic) bond motifs is 3. The highest BCUT2D eigenvalue weighted by Gasteiger charge is 2.53. The Labute approximate surface area is 369 Å². The molecule has 4 heterocycles. The van der Waals surface area contributed by atoms with Crippen LogP contribution in [0.1, 0.15) is 98.0 Å². The normalized spacial score (nSPS) is 19.1. The van der Waals surface area contributed by atoms with Gasteiger partial charge in [0.25, 0.3) is 14.2 Å². The second-order valence-corrected chi connectivity index (χ2v) is 24.9. The molecule has 0 bridgehead atoms. The summed E-state index contributed by atoms with van der Waals surface area (Å²) in [7, 11) is -3.31. The lowest BCUT2D eigenvalue weighted by molar-refractivity contribution is -0.0823. The predicted octanol–water partition coefficient (Wildman–Crippen LogP) is 9.82. The Kier molecular flexibility index (Phi) is 12.6. The number of aromatic nitrogens is 2. The Bertz CT molecular complexity index is 2330. The maximum Gasteiger partial charge on any atom is 0.419 e. The molecule has 3 atom stereocenters. The van der Waals surface area contributed by atoms with Crippen LogP contribution in [0.2, 0.25) is 5.04 Å². The van der Waals surface area contributed by atoms with Gasteiger partial charge in [0.05, 0.1) is 37.1 Å². The van der Waals surface area contributed by atoms with Gasteiger partial charge in [0.15, 0.2) is 5.06 Å². The third kappa shape index (κ3) is 9.48. The van der Waals surface area contributed by atoms with E-state index in [1.165, 1.54) is 11.3 Å². The Balaban J connectivity index is 1.27. The van der Waals surface area contributed by atoms with Gasteiger partial charge in [-0.2, -0.15) is 0 Å². The van der Waals surface area contributed by atoms with E-state index < -0.39 is 67.9 Å². The lowest BCUT2D eigenvalue weighted by atomic mass is 9.92. The zero-order chi connectivity index (χ0) is 44.8. The molecule has 332 valence electrons. The lowest BCUT2D eigenvalue weighted by Gasteiger charge is -2.45. The van der Waals surface area contributed by atoms with Gasteiger partial charge in [-0.25, -0.2) is 27.9 Å². The van der Waals surface area contributed by atoms with Crippen LogP contribution >= 0.6 is 11.3 Å². The van der Waals surface area contributed by atoms with Crippen molar-refractivity contribution >= 4 is 53.1 Å². The van der Waals surface area contributed by atoms with Crippen molar-refractivity contribution in [2.24, 2.45) is 0 Å². The van der Waals surface area contributed by atoms with Crippen LogP contribution < -0.4 is 15.1 Å². The van der Waals surface area contributed by atoms with Crippen LogP contribution in [0.4, 0.5) is 18.4 Å². The third-order valence-corrected chi connectivity index (χ3v) is 17.3. The van der Waals surface area contributed by atoms with E-state index in [0.29, 0.717) is 47.2 Å². The molecule has 7 rings (SSSR count). The van der Waals surface area contributed by atoms with Crippen molar-refractivity contribution < 1.29 is 37.0 Å². The minimum Gasteiger partial charge on any atom is -0.477 e. The molecule has 62 heavy (non-hydrogen) atoms. The molecule has 0 N–H and O–H groups in total. The number of nitrogens with zero attached hydrogens (tertiary/aromatic N) is 4. The SMILES string of the molecule is C[C@@H]1Cc2c(n(C(=O)OC(C)(C)C)c3ccccc23)[C@@H](c2ncc(O[C@@H]3CCN(C(=O)OC(C)(C)C)C3)s2)N1CC(F)(F)CO[Si](c1ccccc1)(c1ccccc1)C(C)(C)C. The van der Waals surface area contributed by atoms with E-state index in [4.69, 9.17) is 23.6 Å². The third-order valence-electron chi connectivity index (χ3n) is 11.4. The zero-order valence-corrected chi connectivity index (χ0v) is 39.4. The van der Waals surface area contributed by atoms with E-state index in [1.807, 2.05) is 113 Å². The Morgan fingerprint density at radius 1 is 0.823 bits per heavy atom. The van der Waals surface area contributed by atoms with Crippen LogP contribution in [0.15, 0.2) is 91.1 Å². The van der Waals surface area contributed by atoms with Crippen LogP contribution in [-0.2, 0) is 20.3 Å². The molecule has 1 amide bonds. The molecule has 2 aliphatic rings. The summed E-state index contributed by atoms with van der Waals surface area (Å²) >= 11 is 1.26. The molecule has 3 aromatic carbocycles. The van der Waals surface area contributed by atoms with Crippen LogP contribution in [0, 0.1) is 0 Å². The number of hydrogen-bond acceptors (Lipinski definition) is 9. The number of rotatable bonds is 10. The van der Waals surface area contributed by atoms with Crippen molar-refractivity contribution in [1.82, 2.24) is 19.4 Å². The van der Waals surface area contributed by atoms with E-state index >= 15 is 8.78 Å². The van der Waals surface area contributed by atoms with E-state index in [-0.39, 0.29) is 6.10 Å². The monoisotopic (exact) mass is 886 g/mol. The molecule has 1 fully saturated rings. The number of carbonyl (C=O) groups is 2. The van der Waals surface area contributed by atoms with Crippen LogP contribution in [0.5, 0.6) is 5.06 Å². The number of amides is 1. The maximum absolute atomic E-state index is 17.2. The molecule has 0 saturated carbocycles. The minimum absolute atomic E-state index is 0.316. The number of likely N-dealkylation sites (tertiary alicyclic amines) is 1. The fourth-order valence-electron chi connectivity index (χ4n) is 8.88. The summed E-state index contributed by atoms with van der Waals surface area (Å²) in [4.78, 5) is 35.4. The number of benzene rings is 3. The van der Waals surface area contributed by atoms with E-state index in [2.05, 4.69) is 20.8 Å². The van der Waals surface area contributed by atoms with Gasteiger partial charge in [0.2, 0.25) is 0 Å². The van der Waals surface area contributed by atoms with Gasteiger partial charge in [-0.1, -0.05) is 111 Å². The van der Waals surface area contributed by atoms with Gasteiger partial charge in [-0.3, -0.25) is 4.90 Å². The van der Waals surface area contributed by atoms with E-state index in [0.717, 1.165) is 21.3 Å². The molecule has 2 aromatic heterocycles. The largest absolute Gasteiger partial charge is 0.477 e. The minimum atomic E-state index is -3.34. The Hall–Kier alpha value is -4.63. The van der Waals surface area contributed by atoms with Crippen molar-refractivity contribution in [2.75, 3.05) is 26.2 Å². The highest BCUT2D eigenvalue weighted by atomic mass is 32.1. The van der Waals surface area contributed by atoms with Gasteiger partial charge >= 0.3 is 12.2 Å². The first-order chi connectivity index (χ1) is 29.1. The van der Waals surface area contributed by atoms with Gasteiger partial charge < -0.3 is 23.5 Å². The van der Waals surface area contributed by atoms with Crippen molar-refractivity contribution in [3.8, 4) is 5.06 Å². The summed E-state index contributed by atoms with van der Waals surface area (Å²) in [6.07, 6.45) is 1.29. The molecule has 14 heteroatoms. The Morgan fingerprint density at radius 3 is 2.00 bits per heavy atom. The average Bonchev–Trinajstić information content (AvgIpc) is 3.93. The molecular weight excluding hydrogens is 827 g/mol. The highest BCUT2D eigenvalue weighted by Crippen LogP contribution is 2.46. The topological polar surface area (TPSA) is 95.4 Å². The first kappa shape index (κ1) is 45.4. The first-order valence-corrected chi connectivity index (χ1v) is 24.1. The van der Waals surface area contributed by atoms with Crippen molar-refractivity contribution in [3.63, 3.8) is 0 Å². The number of hydrogen-bond donors (Lipinski definition) is 0. The van der Waals surface area contributed by atoms with Crippen molar-refractivity contribution in [1.29, 1.82) is 0 Å². The fourth-order valence-corrected chi connectivity index (χ4v) is 14.4. The van der Waals surface area contributed by atoms with E-state index in [9.17, 15) is 9.59 Å². The smallest absolute Gasteiger partial charge is 0.419 e. The molecular formula is C48H60F2N4O6SSi. The maximum atomic E-state index is 17.2. The summed E-state index contributed by atoms with van der Waals surface area (Å²) in [5, 5.41) is 3.15. The molecule has 1 saturated heterocycles. The molecule has 5 aromatic rings. The summed E-state index contributed by atoms with van der Waals surface area (Å²) in [6, 6.07) is 25.9. The van der Waals surface area contributed by atoms with Crippen LogP contribution in [0.25, 0.3) is 10.9 Å². The van der Waals surface area contributed by atoms with Crippen LogP contribution in [0.3, 0.4) is 0 Å². The molecule has 2 aliphatic heterocycles. The number of thiazole rings is 1. The van der Waals surface area contributed by atoms with Crippen molar-refractivity contribution in [2.45, 2.75) is 122 Å². The van der Waals surface area contributed by atoms with Gasteiger partial charge in [-0.05, 0) is 81.9 Å². The first-order valence-electron chi connectivity index (χ1n) is 21.4. The zero-order valence-electron chi connectivity index (χ0n) is 37.5. The summed E-state index contributed by atoms with van der Waals surface area (Å²) in [6.45, 7) is 18.4. The van der Waals surface area contributed by atoms with Crippen LogP contribution in [-0.4, -0.2) is 95.4 Å². The quantitative estimate of drug-likeness (QED) is 0.128. The Morgan fingerprint density at radius 2 is 1.40 bits per heavy atom. The molecule has 0 unspecified atom stereocenters. The lowest BCUT2D eigenvalue weighted by Crippen LogP contribution is -2.67. The number of para-hydroxylation sites is 1. The van der Waals surface area contributed by atoms with Gasteiger partial charge in [-0.15, -0.1) is 0 Å². The highest BCUT2D eigenvalue weighted by molar-refractivity contribution is 7.13. The van der Waals surface area contributed by atoms with Crippen molar-refractivity contribution in [3.05, 3.63) is 107 Å². The molecule has 0 aliphatic carbocycles. The average molecular weight is 887 g/mol. The van der Waals surface area contributed by atoms with Gasteiger partial charge in [0, 0.05) is 24.4 Å². The summed E-state index contributed by atoms with van der Waals surface area (Å²) in [5.41, 5.74) is 0.605. The predicted molar refractivity (Wildman–Crippen MR) is 243 cm³/mol. The standard InChI is InChI=1S/C48H60F2N4O6SSi/c1-32-27-37-36-23-17-18-24-38(36)54(44(56)60-46(5,6)7)40(37)41(42-51-28-39(61-42)58-33-25-26-52(29-33)43(55)59-45(2,3)4)53(32)30-48(49,50)31-57-62(47(8,9)10,34-19-13-11-14-20-34)35-21-15-12-16-22-35/h11-24,28,32-33,41H,25-27,29-31H2,1-10H3/t32-,33-,41+/m1/s1. The number of carbonyl (C=O) groups excluding carboxylic acids is 2.